The predicted octanol–water partition coefficient (Wildman–Crippen LogP) is 7.01. The second kappa shape index (κ2) is 11.4. The largest absolute Gasteiger partial charge is 0.508 e. The monoisotopic (exact) mass is 718 g/mol. The van der Waals surface area contributed by atoms with E-state index in [1.54, 1.807) is 20.0 Å². The zero-order valence-electron chi connectivity index (χ0n) is 28.7. The van der Waals surface area contributed by atoms with Gasteiger partial charge < -0.3 is 50.4 Å². The van der Waals surface area contributed by atoms with Crippen LogP contribution in [0.4, 0.5) is 0 Å². The fourth-order valence-corrected chi connectivity index (χ4v) is 8.43. The molecule has 266 valence electrons. The lowest BCUT2D eigenvalue weighted by Gasteiger charge is -2.37. The minimum Gasteiger partial charge on any atom is -0.508 e. The Morgan fingerprint density at radius 3 is 1.96 bits per heavy atom. The van der Waals surface area contributed by atoms with Crippen LogP contribution in [0.25, 0.3) is 49.4 Å². The Morgan fingerprint density at radius 1 is 0.593 bits per heavy atom. The second-order valence-electron chi connectivity index (χ2n) is 13.8. The Labute approximate surface area is 307 Å². The second-order valence-corrected chi connectivity index (χ2v) is 13.8. The molecule has 1 heterocycles. The van der Waals surface area contributed by atoms with Gasteiger partial charge in [-0.3, -0.25) is 0 Å². The van der Waals surface area contributed by atoms with Gasteiger partial charge in [-0.05, 0) is 63.5 Å². The fourth-order valence-electron chi connectivity index (χ4n) is 8.43. The molecule has 9 N–H and O–H groups in total. The average Bonchev–Trinajstić information content (AvgIpc) is 3.57. The molecule has 6 aromatic carbocycles. The third kappa shape index (κ3) is 4.23. The highest BCUT2D eigenvalue weighted by molar-refractivity contribution is 6.45. The molecular formula is C43H31BO10. The molecule has 2 atom stereocenters. The summed E-state index contributed by atoms with van der Waals surface area (Å²) in [5, 5.41) is 98.4. The number of furan rings is 1. The molecule has 9 rings (SSSR count). The maximum Gasteiger partial charge on any atom is 0.208 e. The van der Waals surface area contributed by atoms with Crippen molar-refractivity contribution in [1.82, 2.24) is 0 Å². The molecular weight excluding hydrogens is 687 g/mol. The van der Waals surface area contributed by atoms with Gasteiger partial charge in [0.2, 0.25) is 17.2 Å². The normalized spacial score (nSPS) is 16.4. The lowest BCUT2D eigenvalue weighted by molar-refractivity contribution is 0.330. The van der Waals surface area contributed by atoms with Crippen molar-refractivity contribution in [3.05, 3.63) is 124 Å². The van der Waals surface area contributed by atoms with Crippen LogP contribution in [0.5, 0.6) is 51.7 Å². The number of allylic oxidation sites excluding steroid dienone is 5. The molecule has 2 aliphatic rings. The maximum absolute atomic E-state index is 11.6. The van der Waals surface area contributed by atoms with E-state index in [-0.39, 0.29) is 56.3 Å². The summed E-state index contributed by atoms with van der Waals surface area (Å²) in [5.41, 5.74) is 5.98. The van der Waals surface area contributed by atoms with Crippen molar-refractivity contribution >= 4 is 51.6 Å². The molecule has 0 bridgehead atoms. The minimum absolute atomic E-state index is 0.0737. The Kier molecular flexibility index (Phi) is 6.93. The molecule has 0 spiro atoms. The van der Waals surface area contributed by atoms with Crippen LogP contribution in [-0.2, 0) is 0 Å². The highest BCUT2D eigenvalue weighted by Gasteiger charge is 2.37. The third-order valence-electron chi connectivity index (χ3n) is 11.0. The van der Waals surface area contributed by atoms with Crippen LogP contribution < -0.4 is 5.46 Å². The van der Waals surface area contributed by atoms with Crippen molar-refractivity contribution in [1.29, 1.82) is 0 Å². The molecule has 0 saturated carbocycles. The lowest BCUT2D eigenvalue weighted by atomic mass is 9.66. The topological polar surface area (TPSA) is 195 Å². The first kappa shape index (κ1) is 32.8. The smallest absolute Gasteiger partial charge is 0.208 e. The number of hydrogen-bond acceptors (Lipinski definition) is 10. The van der Waals surface area contributed by atoms with Gasteiger partial charge in [-0.15, -0.1) is 0 Å². The quantitative estimate of drug-likeness (QED) is 0.0521. The standard InChI is InChI=1S/C43H31BO10/c1-17-34(45)32-31(39(50)35(17)46)33(44)36(47)30-25-16-18(14-15-26(25)54-43(30)32)27-19-8-2-4-10-21(19)28(22-11-5-3-9-20(22)27)23-12-6-7-13-24(23)29-37(48)40(51)42(53)41(52)38(29)49/h2-16,19,27,45-53H,44H2,1H3. The van der Waals surface area contributed by atoms with E-state index >= 15 is 0 Å². The number of aromatic hydroxyl groups is 9. The van der Waals surface area contributed by atoms with Crippen LogP contribution in [0, 0.1) is 12.8 Å². The fraction of sp³-hybridized carbons (Fsp3) is 0.0698. The lowest BCUT2D eigenvalue weighted by Crippen LogP contribution is -2.23. The zero-order valence-corrected chi connectivity index (χ0v) is 28.7. The van der Waals surface area contributed by atoms with Gasteiger partial charge >= 0.3 is 0 Å². The number of benzene rings is 6. The molecule has 2 unspecified atom stereocenters. The summed E-state index contributed by atoms with van der Waals surface area (Å²) in [5.74, 6) is -6.42. The van der Waals surface area contributed by atoms with Gasteiger partial charge in [0.05, 0.1) is 16.3 Å². The molecule has 0 fully saturated rings. The van der Waals surface area contributed by atoms with E-state index in [9.17, 15) is 46.0 Å². The summed E-state index contributed by atoms with van der Waals surface area (Å²) in [6, 6.07) is 20.6. The van der Waals surface area contributed by atoms with Gasteiger partial charge in [0.1, 0.15) is 24.9 Å². The van der Waals surface area contributed by atoms with Crippen molar-refractivity contribution < 1.29 is 50.4 Å². The average molecular weight is 719 g/mol. The number of fused-ring (bicyclic) bond motifs is 7. The molecule has 7 aromatic rings. The van der Waals surface area contributed by atoms with Crippen LogP contribution in [0.1, 0.15) is 33.7 Å². The molecule has 10 nitrogen and oxygen atoms in total. The van der Waals surface area contributed by atoms with E-state index in [1.165, 1.54) is 6.92 Å². The predicted molar refractivity (Wildman–Crippen MR) is 207 cm³/mol. The van der Waals surface area contributed by atoms with E-state index in [2.05, 4.69) is 6.08 Å². The molecule has 11 heteroatoms. The van der Waals surface area contributed by atoms with Gasteiger partial charge in [0.15, 0.2) is 28.6 Å². The third-order valence-corrected chi connectivity index (χ3v) is 11.0. The number of hydrogen-bond donors (Lipinski definition) is 9. The van der Waals surface area contributed by atoms with Crippen molar-refractivity contribution in [2.24, 2.45) is 5.92 Å². The summed E-state index contributed by atoms with van der Waals surface area (Å²) in [7, 11) is 1.60. The summed E-state index contributed by atoms with van der Waals surface area (Å²) >= 11 is 0. The van der Waals surface area contributed by atoms with Gasteiger partial charge in [0, 0.05) is 28.2 Å². The van der Waals surface area contributed by atoms with Gasteiger partial charge in [-0.2, -0.15) is 0 Å². The highest BCUT2D eigenvalue weighted by atomic mass is 16.4. The van der Waals surface area contributed by atoms with E-state index in [1.807, 2.05) is 72.8 Å². The summed E-state index contributed by atoms with van der Waals surface area (Å²) in [6.07, 6.45) is 7.99. The van der Waals surface area contributed by atoms with E-state index in [0.29, 0.717) is 27.5 Å². The van der Waals surface area contributed by atoms with Gasteiger partial charge in [-0.25, -0.2) is 0 Å². The number of phenolic OH excluding ortho intramolecular Hbond substituents is 9. The summed E-state index contributed by atoms with van der Waals surface area (Å²) < 4.78 is 6.28. The van der Waals surface area contributed by atoms with E-state index < -0.39 is 40.2 Å². The van der Waals surface area contributed by atoms with Crippen molar-refractivity contribution in [3.8, 4) is 62.9 Å². The minimum atomic E-state index is -1.04. The Morgan fingerprint density at radius 2 is 1.24 bits per heavy atom. The van der Waals surface area contributed by atoms with Crippen molar-refractivity contribution in [3.63, 3.8) is 0 Å². The van der Waals surface area contributed by atoms with Crippen LogP contribution in [0.3, 0.4) is 0 Å². The van der Waals surface area contributed by atoms with Crippen LogP contribution in [-0.4, -0.2) is 53.8 Å². The van der Waals surface area contributed by atoms with Gasteiger partial charge in [-0.1, -0.05) is 78.9 Å². The highest BCUT2D eigenvalue weighted by Crippen LogP contribution is 2.58. The van der Waals surface area contributed by atoms with Crippen LogP contribution in [0.2, 0.25) is 0 Å². The van der Waals surface area contributed by atoms with E-state index in [4.69, 9.17) is 4.42 Å². The Bertz CT molecular complexity index is 2890. The summed E-state index contributed by atoms with van der Waals surface area (Å²) in [4.78, 5) is 0. The summed E-state index contributed by atoms with van der Waals surface area (Å²) in [6.45, 7) is 1.48. The first-order valence-electron chi connectivity index (χ1n) is 17.1. The molecule has 2 aliphatic carbocycles. The first-order valence-corrected chi connectivity index (χ1v) is 17.1. The number of phenols is 9. The molecule has 0 amide bonds. The Balaban J connectivity index is 1.29. The van der Waals surface area contributed by atoms with Crippen LogP contribution >= 0.6 is 0 Å². The zero-order chi connectivity index (χ0) is 37.9. The van der Waals surface area contributed by atoms with Gasteiger partial charge in [0.25, 0.3) is 0 Å². The molecule has 0 saturated heterocycles. The van der Waals surface area contributed by atoms with Crippen molar-refractivity contribution in [2.75, 3.05) is 0 Å². The molecule has 54 heavy (non-hydrogen) atoms. The maximum atomic E-state index is 11.6. The first-order chi connectivity index (χ1) is 25.9. The molecule has 0 radical (unpaired) electrons. The van der Waals surface area contributed by atoms with E-state index in [0.717, 1.165) is 27.8 Å². The van der Waals surface area contributed by atoms with Crippen molar-refractivity contribution in [2.45, 2.75) is 12.8 Å². The molecule has 0 aliphatic heterocycles. The number of rotatable bonds is 3. The van der Waals surface area contributed by atoms with Crippen LogP contribution in [0.15, 0.2) is 101 Å². The molecule has 1 aromatic heterocycles. The SMILES string of the molecule is Bc1c(O)c2c3cc(C4c5ccccc5C(c5ccccc5-c5c(O)c(O)c(O)c(O)c5O)=C5C=CC=CC54)ccc3oc2c2c(O)c(C)c(O)c(O)c12. The Hall–Kier alpha value is -7.14.